The maximum absolute atomic E-state index is 12.6. The molecule has 0 saturated carbocycles. The second-order valence-electron chi connectivity index (χ2n) is 7.53. The van der Waals surface area contributed by atoms with E-state index in [1.165, 1.54) is 11.9 Å². The normalized spacial score (nSPS) is 15.8. The Bertz CT molecular complexity index is 904. The summed E-state index contributed by atoms with van der Waals surface area (Å²) in [7, 11) is 1.50. The maximum Gasteiger partial charge on any atom is 0.329 e. The summed E-state index contributed by atoms with van der Waals surface area (Å²) in [5.74, 6) is -0.796. The van der Waals surface area contributed by atoms with Crippen LogP contribution in [0.2, 0.25) is 0 Å². The molecule has 0 spiro atoms. The van der Waals surface area contributed by atoms with E-state index in [0.29, 0.717) is 24.6 Å². The van der Waals surface area contributed by atoms with E-state index in [1.807, 2.05) is 24.0 Å². The lowest BCUT2D eigenvalue weighted by atomic mass is 10.0. The zero-order valence-corrected chi connectivity index (χ0v) is 17.8. The number of nitrogens with one attached hydrogen (secondary N) is 1. The molecule has 1 atom stereocenters. The van der Waals surface area contributed by atoms with Gasteiger partial charge in [0, 0.05) is 31.7 Å². The summed E-state index contributed by atoms with van der Waals surface area (Å²) in [6.45, 7) is 2.04. The number of likely N-dealkylation sites (N-methyl/N-ethyl adjacent to an activating group) is 1. The van der Waals surface area contributed by atoms with Crippen molar-refractivity contribution in [1.29, 1.82) is 0 Å². The largest absolute Gasteiger partial charge is 0.454 e. The predicted molar refractivity (Wildman–Crippen MR) is 115 cm³/mol. The van der Waals surface area contributed by atoms with Crippen LogP contribution in [0.5, 0.6) is 0 Å². The molecule has 1 unspecified atom stereocenters. The molecule has 1 aliphatic heterocycles. The first-order valence-corrected chi connectivity index (χ1v) is 10.2. The molecule has 31 heavy (non-hydrogen) atoms. The van der Waals surface area contributed by atoms with Crippen LogP contribution >= 0.6 is 0 Å². The number of rotatable bonds is 7. The molecular weight excluding hydrogens is 398 g/mol. The minimum Gasteiger partial charge on any atom is -0.454 e. The van der Waals surface area contributed by atoms with Crippen molar-refractivity contribution in [2.24, 2.45) is 0 Å². The van der Waals surface area contributed by atoms with E-state index < -0.39 is 24.5 Å². The minimum atomic E-state index is -0.529. The van der Waals surface area contributed by atoms with Gasteiger partial charge >= 0.3 is 5.97 Å². The third kappa shape index (κ3) is 6.24. The highest BCUT2D eigenvalue weighted by atomic mass is 16.5. The van der Waals surface area contributed by atoms with Crippen LogP contribution in [0.15, 0.2) is 42.7 Å². The first kappa shape index (κ1) is 22.2. The molecule has 9 heteroatoms. The molecular formula is C22H27N5O4. The van der Waals surface area contributed by atoms with E-state index in [2.05, 4.69) is 15.3 Å². The highest BCUT2D eigenvalue weighted by molar-refractivity contribution is 5.94. The highest BCUT2D eigenvalue weighted by Gasteiger charge is 2.32. The summed E-state index contributed by atoms with van der Waals surface area (Å²) in [6, 6.07) is 8.55. The monoisotopic (exact) mass is 425 g/mol. The fourth-order valence-corrected chi connectivity index (χ4v) is 3.34. The molecule has 1 saturated heterocycles. The van der Waals surface area contributed by atoms with Gasteiger partial charge in [0.25, 0.3) is 5.91 Å². The molecule has 1 aliphatic rings. The Morgan fingerprint density at radius 1 is 1.16 bits per heavy atom. The van der Waals surface area contributed by atoms with Gasteiger partial charge in [-0.25, -0.2) is 14.8 Å². The maximum atomic E-state index is 12.6. The van der Waals surface area contributed by atoms with Crippen LogP contribution in [0, 0.1) is 6.92 Å². The van der Waals surface area contributed by atoms with Crippen LogP contribution in [-0.2, 0) is 19.1 Å². The number of carbonyl (C=O) groups excluding carboxylic acids is 3. The Balaban J connectivity index is 1.48. The fraction of sp³-hybridized carbons (Fsp3) is 0.409. The van der Waals surface area contributed by atoms with Crippen molar-refractivity contribution in [2.45, 2.75) is 32.2 Å². The van der Waals surface area contributed by atoms with Gasteiger partial charge in [0.1, 0.15) is 6.04 Å². The number of hydrogen-bond donors (Lipinski definition) is 1. The highest BCUT2D eigenvalue weighted by Crippen LogP contribution is 2.22. The molecule has 0 radical (unpaired) electrons. The van der Waals surface area contributed by atoms with Gasteiger partial charge in [-0.1, -0.05) is 17.7 Å². The first-order valence-electron chi connectivity index (χ1n) is 10.2. The van der Waals surface area contributed by atoms with Gasteiger partial charge in [-0.15, -0.1) is 0 Å². The van der Waals surface area contributed by atoms with Crippen LogP contribution in [0.3, 0.4) is 0 Å². The van der Waals surface area contributed by atoms with Crippen molar-refractivity contribution >= 4 is 29.4 Å². The van der Waals surface area contributed by atoms with Crippen molar-refractivity contribution in [1.82, 2.24) is 14.9 Å². The summed E-state index contributed by atoms with van der Waals surface area (Å²) in [5.41, 5.74) is 1.74. The molecule has 2 amide bonds. The van der Waals surface area contributed by atoms with E-state index in [4.69, 9.17) is 4.74 Å². The standard InChI is InChI=1S/C22H27N5O4/c1-16-7-9-17(10-8-16)25-19(28)14-26(2)20(29)15-31-21(30)18-6-3-4-13-27(18)22-23-11-5-12-24-22/h5,7-12,18H,3-4,6,13-15H2,1-2H3,(H,25,28). The van der Waals surface area contributed by atoms with Crippen molar-refractivity contribution in [3.05, 3.63) is 48.3 Å². The van der Waals surface area contributed by atoms with Crippen LogP contribution in [0.4, 0.5) is 11.6 Å². The fourth-order valence-electron chi connectivity index (χ4n) is 3.34. The average Bonchev–Trinajstić information content (AvgIpc) is 2.79. The Labute approximate surface area is 181 Å². The molecule has 1 aromatic heterocycles. The van der Waals surface area contributed by atoms with Crippen molar-refractivity contribution < 1.29 is 19.1 Å². The van der Waals surface area contributed by atoms with E-state index in [-0.39, 0.29) is 12.5 Å². The van der Waals surface area contributed by atoms with Gasteiger partial charge in [-0.05, 0) is 44.4 Å². The first-order chi connectivity index (χ1) is 14.9. The number of aryl methyl sites for hydroxylation is 1. The van der Waals surface area contributed by atoms with Crippen molar-refractivity contribution in [3.63, 3.8) is 0 Å². The number of esters is 1. The van der Waals surface area contributed by atoms with Crippen molar-refractivity contribution in [2.75, 3.05) is 37.0 Å². The number of piperidine rings is 1. The Morgan fingerprint density at radius 2 is 1.87 bits per heavy atom. The van der Waals surface area contributed by atoms with Crippen LogP contribution in [0.25, 0.3) is 0 Å². The lowest BCUT2D eigenvalue weighted by molar-refractivity contribution is -0.153. The van der Waals surface area contributed by atoms with E-state index >= 15 is 0 Å². The number of hydrogen-bond acceptors (Lipinski definition) is 7. The van der Waals surface area contributed by atoms with Gasteiger partial charge < -0.3 is 19.9 Å². The number of ether oxygens (including phenoxy) is 1. The smallest absolute Gasteiger partial charge is 0.329 e. The summed E-state index contributed by atoms with van der Waals surface area (Å²) in [6.07, 6.45) is 5.68. The molecule has 0 bridgehead atoms. The van der Waals surface area contributed by atoms with Crippen LogP contribution in [-0.4, -0.2) is 65.4 Å². The Hall–Kier alpha value is -3.49. The summed E-state index contributed by atoms with van der Waals surface area (Å²) < 4.78 is 5.27. The minimum absolute atomic E-state index is 0.141. The average molecular weight is 425 g/mol. The lowest BCUT2D eigenvalue weighted by Crippen LogP contribution is -2.47. The quantitative estimate of drug-likeness (QED) is 0.674. The topological polar surface area (TPSA) is 105 Å². The zero-order valence-electron chi connectivity index (χ0n) is 17.8. The lowest BCUT2D eigenvalue weighted by Gasteiger charge is -2.33. The van der Waals surface area contributed by atoms with E-state index in [9.17, 15) is 14.4 Å². The predicted octanol–water partition coefficient (Wildman–Crippen LogP) is 1.78. The molecule has 164 valence electrons. The molecule has 9 nitrogen and oxygen atoms in total. The second-order valence-corrected chi connectivity index (χ2v) is 7.53. The van der Waals surface area contributed by atoms with Crippen LogP contribution < -0.4 is 10.2 Å². The summed E-state index contributed by atoms with van der Waals surface area (Å²) in [4.78, 5) is 48.6. The van der Waals surface area contributed by atoms with Gasteiger partial charge in [-0.3, -0.25) is 9.59 Å². The van der Waals surface area contributed by atoms with Gasteiger partial charge in [-0.2, -0.15) is 0 Å². The number of aromatic nitrogens is 2. The summed E-state index contributed by atoms with van der Waals surface area (Å²) >= 11 is 0. The molecule has 1 aromatic carbocycles. The molecule has 1 fully saturated rings. The number of carbonyl (C=O) groups is 3. The molecule has 0 aliphatic carbocycles. The number of amides is 2. The Morgan fingerprint density at radius 3 is 2.58 bits per heavy atom. The summed E-state index contributed by atoms with van der Waals surface area (Å²) in [5, 5.41) is 2.73. The van der Waals surface area contributed by atoms with Gasteiger partial charge in [0.2, 0.25) is 11.9 Å². The van der Waals surface area contributed by atoms with Crippen LogP contribution in [0.1, 0.15) is 24.8 Å². The third-order valence-electron chi connectivity index (χ3n) is 5.06. The molecule has 2 aromatic rings. The number of nitrogens with zero attached hydrogens (tertiary/aromatic N) is 4. The zero-order chi connectivity index (χ0) is 22.2. The molecule has 1 N–H and O–H groups in total. The van der Waals surface area contributed by atoms with Gasteiger partial charge in [0.05, 0.1) is 6.54 Å². The van der Waals surface area contributed by atoms with E-state index in [0.717, 1.165) is 18.4 Å². The van der Waals surface area contributed by atoms with Crippen molar-refractivity contribution in [3.8, 4) is 0 Å². The number of anilines is 2. The second kappa shape index (κ2) is 10.5. The Kier molecular flexibility index (Phi) is 7.53. The number of benzene rings is 1. The SMILES string of the molecule is Cc1ccc(NC(=O)CN(C)C(=O)COC(=O)C2CCCCN2c2ncccn2)cc1. The molecule has 2 heterocycles. The molecule has 3 rings (SSSR count). The van der Waals surface area contributed by atoms with E-state index in [1.54, 1.807) is 30.6 Å². The van der Waals surface area contributed by atoms with Gasteiger partial charge in [0.15, 0.2) is 6.61 Å². The third-order valence-corrected chi connectivity index (χ3v) is 5.06.